The molecular weight excluding hydrogens is 361 g/mol. The maximum absolute atomic E-state index is 12.6. The average molecular weight is 380 g/mol. The lowest BCUT2D eigenvalue weighted by molar-refractivity contribution is -0.174. The van der Waals surface area contributed by atoms with E-state index in [1.165, 1.54) is 19.2 Å². The van der Waals surface area contributed by atoms with E-state index < -0.39 is 24.0 Å². The zero-order chi connectivity index (χ0) is 20.0. The molecule has 2 amide bonds. The van der Waals surface area contributed by atoms with Crippen molar-refractivity contribution in [3.05, 3.63) is 59.7 Å². The van der Waals surface area contributed by atoms with E-state index in [9.17, 15) is 22.8 Å². The van der Waals surface area contributed by atoms with Crippen molar-refractivity contribution in [3.8, 4) is 5.75 Å². The molecule has 0 aliphatic heterocycles. The predicted molar refractivity (Wildman–Crippen MR) is 94.4 cm³/mol. The first kappa shape index (κ1) is 20.3. The number of aryl methyl sites for hydroxylation is 1. The van der Waals surface area contributed by atoms with Gasteiger partial charge in [0.15, 0.2) is 0 Å². The number of anilines is 1. The maximum Gasteiger partial charge on any atom is 0.471 e. The van der Waals surface area contributed by atoms with Gasteiger partial charge in [-0.05, 0) is 36.8 Å². The molecule has 2 aromatic carbocycles. The number of amides is 2. The smallest absolute Gasteiger partial charge is 0.471 e. The molecule has 2 N–H and O–H groups in total. The van der Waals surface area contributed by atoms with E-state index in [0.29, 0.717) is 17.0 Å². The highest BCUT2D eigenvalue weighted by Crippen LogP contribution is 2.24. The molecule has 0 radical (unpaired) electrons. The summed E-state index contributed by atoms with van der Waals surface area (Å²) in [6.45, 7) is 1.89. The zero-order valence-electron chi connectivity index (χ0n) is 14.8. The zero-order valence-corrected chi connectivity index (χ0v) is 14.8. The Bertz CT molecular complexity index is 787. The lowest BCUT2D eigenvalue weighted by atomic mass is 10.0. The number of hydrogen-bond acceptors (Lipinski definition) is 3. The fraction of sp³-hybridized carbons (Fsp3) is 0.263. The topological polar surface area (TPSA) is 67.4 Å². The summed E-state index contributed by atoms with van der Waals surface area (Å²) < 4.78 is 42.9. The van der Waals surface area contributed by atoms with Crippen molar-refractivity contribution in [2.75, 3.05) is 12.4 Å². The molecule has 0 aromatic heterocycles. The van der Waals surface area contributed by atoms with Gasteiger partial charge in [-0.1, -0.05) is 29.8 Å². The Morgan fingerprint density at radius 1 is 1.04 bits per heavy atom. The van der Waals surface area contributed by atoms with Crippen molar-refractivity contribution in [2.45, 2.75) is 25.6 Å². The average Bonchev–Trinajstić information content (AvgIpc) is 2.62. The highest BCUT2D eigenvalue weighted by atomic mass is 19.4. The van der Waals surface area contributed by atoms with Gasteiger partial charge in [-0.25, -0.2) is 0 Å². The monoisotopic (exact) mass is 380 g/mol. The van der Waals surface area contributed by atoms with Crippen molar-refractivity contribution >= 4 is 17.5 Å². The molecule has 0 fully saturated rings. The van der Waals surface area contributed by atoms with E-state index in [-0.39, 0.29) is 6.42 Å². The Morgan fingerprint density at radius 2 is 1.63 bits per heavy atom. The minimum absolute atomic E-state index is 0.354. The molecule has 1 atom stereocenters. The summed E-state index contributed by atoms with van der Waals surface area (Å²) in [5.41, 5.74) is 1.87. The highest BCUT2D eigenvalue weighted by Gasteiger charge is 2.40. The van der Waals surface area contributed by atoms with E-state index in [1.54, 1.807) is 36.4 Å². The Morgan fingerprint density at radius 3 is 2.15 bits per heavy atom. The molecule has 8 heteroatoms. The summed E-state index contributed by atoms with van der Waals surface area (Å²) in [7, 11) is 1.45. The molecule has 0 spiro atoms. The fourth-order valence-electron chi connectivity index (χ4n) is 2.36. The molecule has 27 heavy (non-hydrogen) atoms. The van der Waals surface area contributed by atoms with Crippen LogP contribution in [0.25, 0.3) is 0 Å². The molecule has 2 rings (SSSR count). The minimum Gasteiger partial charge on any atom is -0.497 e. The third-order valence-electron chi connectivity index (χ3n) is 3.81. The molecule has 0 saturated heterocycles. The number of halogens is 3. The Hall–Kier alpha value is -3.03. The number of ether oxygens (including phenoxy) is 1. The van der Waals surface area contributed by atoms with Crippen LogP contribution in [0, 0.1) is 6.92 Å². The molecule has 2 aromatic rings. The first-order valence-corrected chi connectivity index (χ1v) is 8.07. The van der Waals surface area contributed by atoms with Crippen molar-refractivity contribution in [1.82, 2.24) is 5.32 Å². The normalized spacial score (nSPS) is 12.2. The number of carbonyl (C=O) groups is 2. The number of carbonyl (C=O) groups excluding carboxylic acids is 2. The predicted octanol–water partition coefficient (Wildman–Crippen LogP) is 3.75. The summed E-state index contributed by atoms with van der Waals surface area (Å²) in [5.74, 6) is -2.13. The van der Waals surface area contributed by atoms with E-state index in [0.717, 1.165) is 5.56 Å². The molecule has 0 saturated carbocycles. The highest BCUT2D eigenvalue weighted by molar-refractivity contribution is 5.92. The Labute approximate surface area is 154 Å². The van der Waals surface area contributed by atoms with Gasteiger partial charge in [0.05, 0.1) is 19.6 Å². The van der Waals surface area contributed by atoms with Crippen LogP contribution in [0.4, 0.5) is 18.9 Å². The molecule has 5 nitrogen and oxygen atoms in total. The van der Waals surface area contributed by atoms with Crippen molar-refractivity contribution in [3.63, 3.8) is 0 Å². The number of rotatable bonds is 6. The number of benzene rings is 2. The maximum atomic E-state index is 12.6. The minimum atomic E-state index is -5.04. The molecule has 144 valence electrons. The van der Waals surface area contributed by atoms with E-state index >= 15 is 0 Å². The Kier molecular flexibility index (Phi) is 6.44. The summed E-state index contributed by atoms with van der Waals surface area (Å²) in [4.78, 5) is 23.6. The van der Waals surface area contributed by atoms with Crippen molar-refractivity contribution < 1.29 is 27.5 Å². The van der Waals surface area contributed by atoms with Crippen molar-refractivity contribution in [1.29, 1.82) is 0 Å². The van der Waals surface area contributed by atoms with Crippen LogP contribution in [0.3, 0.4) is 0 Å². The molecular formula is C19H19F3N2O3. The molecule has 0 bridgehead atoms. The van der Waals surface area contributed by atoms with Gasteiger partial charge in [0.2, 0.25) is 5.91 Å². The second-order valence-corrected chi connectivity index (χ2v) is 5.92. The third-order valence-corrected chi connectivity index (χ3v) is 3.81. The fourth-order valence-corrected chi connectivity index (χ4v) is 2.36. The third kappa shape index (κ3) is 6.02. The lowest BCUT2D eigenvalue weighted by Gasteiger charge is -2.20. The van der Waals surface area contributed by atoms with Gasteiger partial charge < -0.3 is 15.4 Å². The largest absolute Gasteiger partial charge is 0.497 e. The van der Waals surface area contributed by atoms with Crippen LogP contribution in [-0.2, 0) is 9.59 Å². The number of nitrogens with one attached hydrogen (secondary N) is 2. The van der Waals surface area contributed by atoms with Crippen LogP contribution in [-0.4, -0.2) is 25.1 Å². The Balaban J connectivity index is 2.16. The number of methoxy groups -OCH3 is 1. The second kappa shape index (κ2) is 8.57. The van der Waals surface area contributed by atoms with Crippen molar-refractivity contribution in [2.24, 2.45) is 0 Å². The van der Waals surface area contributed by atoms with E-state index in [4.69, 9.17) is 4.74 Å². The van der Waals surface area contributed by atoms with Gasteiger partial charge in [-0.3, -0.25) is 9.59 Å². The summed E-state index contributed by atoms with van der Waals surface area (Å²) in [6.07, 6.45) is -5.40. The van der Waals surface area contributed by atoms with Crippen LogP contribution in [0.15, 0.2) is 48.5 Å². The van der Waals surface area contributed by atoms with E-state index in [1.807, 2.05) is 12.2 Å². The summed E-state index contributed by atoms with van der Waals surface area (Å²) in [6, 6.07) is 11.9. The second-order valence-electron chi connectivity index (χ2n) is 5.92. The summed E-state index contributed by atoms with van der Waals surface area (Å²) >= 11 is 0. The van der Waals surface area contributed by atoms with Gasteiger partial charge in [0.1, 0.15) is 5.75 Å². The van der Waals surface area contributed by atoms with Gasteiger partial charge in [0, 0.05) is 5.69 Å². The van der Waals surface area contributed by atoms with Gasteiger partial charge >= 0.3 is 12.1 Å². The van der Waals surface area contributed by atoms with Crippen LogP contribution in [0.2, 0.25) is 0 Å². The van der Waals surface area contributed by atoms with Crippen LogP contribution < -0.4 is 15.4 Å². The van der Waals surface area contributed by atoms with Gasteiger partial charge in [-0.2, -0.15) is 13.2 Å². The molecule has 0 unspecified atom stereocenters. The molecule has 0 heterocycles. The van der Waals surface area contributed by atoms with Crippen LogP contribution in [0.1, 0.15) is 23.6 Å². The van der Waals surface area contributed by atoms with Gasteiger partial charge in [0.25, 0.3) is 0 Å². The standard InChI is InChI=1S/C19H19F3N2O3/c1-12-3-7-14(8-4-12)23-17(25)11-16(24-18(26)19(20,21)22)13-5-9-15(27-2)10-6-13/h3-10,16H,11H2,1-2H3,(H,23,25)(H,24,26)/t16-/m1/s1. The van der Waals surface area contributed by atoms with Gasteiger partial charge in [-0.15, -0.1) is 0 Å². The molecule has 0 aliphatic carbocycles. The van der Waals surface area contributed by atoms with Crippen LogP contribution in [0.5, 0.6) is 5.75 Å². The first-order chi connectivity index (χ1) is 12.7. The lowest BCUT2D eigenvalue weighted by Crippen LogP contribution is -2.40. The quantitative estimate of drug-likeness (QED) is 0.802. The number of alkyl halides is 3. The SMILES string of the molecule is COc1ccc([C@@H](CC(=O)Nc2ccc(C)cc2)NC(=O)C(F)(F)F)cc1. The summed E-state index contributed by atoms with van der Waals surface area (Å²) in [5, 5.41) is 4.48. The molecule has 0 aliphatic rings. The van der Waals surface area contributed by atoms with Crippen LogP contribution >= 0.6 is 0 Å². The first-order valence-electron chi connectivity index (χ1n) is 8.07. The van der Waals surface area contributed by atoms with E-state index in [2.05, 4.69) is 5.32 Å². The number of hydrogen-bond donors (Lipinski definition) is 2.